The van der Waals surface area contributed by atoms with Crippen LogP contribution in [0.1, 0.15) is 78.4 Å². The highest BCUT2D eigenvalue weighted by molar-refractivity contribution is 6.00. The minimum atomic E-state index is -0.339. The van der Waals surface area contributed by atoms with Gasteiger partial charge in [0.2, 0.25) is 11.8 Å². The molecule has 1 aromatic rings. The molecular weight excluding hydrogens is 372 g/mol. The maximum Gasteiger partial charge on any atom is 0.249 e. The van der Waals surface area contributed by atoms with Gasteiger partial charge >= 0.3 is 0 Å². The molecule has 156 valence electrons. The fourth-order valence-electron chi connectivity index (χ4n) is 6.31. The molecule has 1 fully saturated rings. The highest BCUT2D eigenvalue weighted by Crippen LogP contribution is 2.56. The van der Waals surface area contributed by atoms with Crippen molar-refractivity contribution < 1.29 is 9.59 Å². The van der Waals surface area contributed by atoms with Crippen molar-refractivity contribution in [3.05, 3.63) is 58.7 Å². The number of hydrogen-bond acceptors (Lipinski definition) is 2. The monoisotopic (exact) mass is 402 g/mol. The summed E-state index contributed by atoms with van der Waals surface area (Å²) in [6.45, 7) is 4.97. The van der Waals surface area contributed by atoms with Crippen LogP contribution in [0.3, 0.4) is 0 Å². The highest BCUT2D eigenvalue weighted by Gasteiger charge is 2.41. The summed E-state index contributed by atoms with van der Waals surface area (Å²) in [5.41, 5.74) is 14.6. The van der Waals surface area contributed by atoms with Crippen LogP contribution in [-0.4, -0.2) is 29.8 Å². The van der Waals surface area contributed by atoms with Gasteiger partial charge in [0.25, 0.3) is 0 Å². The number of amides is 2. The van der Waals surface area contributed by atoms with Gasteiger partial charge in [-0.3, -0.25) is 9.59 Å². The van der Waals surface area contributed by atoms with Gasteiger partial charge < -0.3 is 10.6 Å². The van der Waals surface area contributed by atoms with Crippen LogP contribution < -0.4 is 5.73 Å². The molecule has 4 aliphatic rings. The van der Waals surface area contributed by atoms with Gasteiger partial charge in [-0.15, -0.1) is 0 Å². The third-order valence-electron chi connectivity index (χ3n) is 7.85. The van der Waals surface area contributed by atoms with E-state index in [4.69, 9.17) is 5.73 Å². The second kappa shape index (κ2) is 7.26. The van der Waals surface area contributed by atoms with E-state index in [1.807, 2.05) is 11.0 Å². The number of allylic oxidation sites excluding steroid dienone is 2. The Labute approximate surface area is 178 Å². The predicted octanol–water partition coefficient (Wildman–Crippen LogP) is 4.64. The Morgan fingerprint density at radius 3 is 2.70 bits per heavy atom. The smallest absolute Gasteiger partial charge is 0.249 e. The number of nitrogens with two attached hydrogens (primary N) is 1. The molecule has 2 amide bonds. The molecule has 1 aliphatic heterocycles. The molecule has 0 radical (unpaired) electrons. The summed E-state index contributed by atoms with van der Waals surface area (Å²) < 4.78 is 0. The first-order chi connectivity index (χ1) is 14.5. The lowest BCUT2D eigenvalue weighted by Crippen LogP contribution is -2.34. The van der Waals surface area contributed by atoms with Gasteiger partial charge in [0.1, 0.15) is 0 Å². The minimum absolute atomic E-state index is 0.0199. The summed E-state index contributed by atoms with van der Waals surface area (Å²) in [4.78, 5) is 26.3. The fraction of sp³-hybridized carbons (Fsp3) is 0.462. The molecule has 4 heteroatoms. The number of carbonyl (C=O) groups is 2. The van der Waals surface area contributed by atoms with Crippen molar-refractivity contribution in [1.29, 1.82) is 0 Å². The second-order valence-corrected chi connectivity index (χ2v) is 9.50. The Balaban J connectivity index is 1.59. The summed E-state index contributed by atoms with van der Waals surface area (Å²) in [5, 5.41) is 0. The van der Waals surface area contributed by atoms with Crippen LogP contribution in [0.15, 0.2) is 36.4 Å². The minimum Gasteiger partial charge on any atom is -0.366 e. The average molecular weight is 403 g/mol. The van der Waals surface area contributed by atoms with E-state index in [9.17, 15) is 9.59 Å². The first-order valence-electron chi connectivity index (χ1n) is 11.3. The molecule has 0 bridgehead atoms. The first-order valence-corrected chi connectivity index (χ1v) is 11.3. The van der Waals surface area contributed by atoms with Crippen LogP contribution >= 0.6 is 0 Å². The van der Waals surface area contributed by atoms with Crippen molar-refractivity contribution in [1.82, 2.24) is 4.90 Å². The Morgan fingerprint density at radius 1 is 1.17 bits per heavy atom. The molecule has 0 saturated heterocycles. The normalized spacial score (nSPS) is 22.0. The summed E-state index contributed by atoms with van der Waals surface area (Å²) in [6.07, 6.45) is 14.3. The molecule has 2 N–H and O–H groups in total. The van der Waals surface area contributed by atoms with Crippen LogP contribution in [0.2, 0.25) is 0 Å². The lowest BCUT2D eigenvalue weighted by molar-refractivity contribution is -0.125. The van der Waals surface area contributed by atoms with E-state index >= 15 is 0 Å². The van der Waals surface area contributed by atoms with Gasteiger partial charge in [-0.2, -0.15) is 0 Å². The van der Waals surface area contributed by atoms with E-state index < -0.39 is 0 Å². The zero-order valence-corrected chi connectivity index (χ0v) is 17.6. The Morgan fingerprint density at radius 2 is 1.97 bits per heavy atom. The van der Waals surface area contributed by atoms with Crippen molar-refractivity contribution in [2.45, 2.75) is 57.8 Å². The van der Waals surface area contributed by atoms with Crippen molar-refractivity contribution >= 4 is 23.0 Å². The Hall–Kier alpha value is -2.62. The van der Waals surface area contributed by atoms with Gasteiger partial charge in [0.15, 0.2) is 0 Å². The molecule has 5 rings (SSSR count). The molecule has 1 heterocycles. The van der Waals surface area contributed by atoms with Crippen LogP contribution in [0, 0.1) is 5.41 Å². The topological polar surface area (TPSA) is 63.4 Å². The molecule has 0 aromatic heterocycles. The summed E-state index contributed by atoms with van der Waals surface area (Å²) in [6, 6.07) is 3.97. The van der Waals surface area contributed by atoms with Gasteiger partial charge in [-0.1, -0.05) is 37.1 Å². The maximum absolute atomic E-state index is 12.2. The van der Waals surface area contributed by atoms with Gasteiger partial charge in [0, 0.05) is 18.7 Å². The molecule has 1 spiro atoms. The highest BCUT2D eigenvalue weighted by atomic mass is 16.2. The molecule has 1 aromatic carbocycles. The quantitative estimate of drug-likeness (QED) is 0.749. The van der Waals surface area contributed by atoms with E-state index in [1.165, 1.54) is 66.0 Å². The lowest BCUT2D eigenvalue weighted by atomic mass is 9.70. The Bertz CT molecular complexity index is 1010. The van der Waals surface area contributed by atoms with Crippen molar-refractivity contribution in [2.24, 2.45) is 11.1 Å². The van der Waals surface area contributed by atoms with E-state index in [2.05, 4.69) is 18.7 Å². The third kappa shape index (κ3) is 3.05. The molecule has 0 unspecified atom stereocenters. The summed E-state index contributed by atoms with van der Waals surface area (Å²) in [5.74, 6) is -0.359. The molecule has 1 saturated carbocycles. The largest absolute Gasteiger partial charge is 0.366 e. The van der Waals surface area contributed by atoms with Gasteiger partial charge in [-0.05, 0) is 90.3 Å². The SMILES string of the molecule is C=CC(=O)N1CCC=C(c2ccc(C(N)=O)c3c2C2=C(CCC4(CCCC4)C2)C3)C1. The van der Waals surface area contributed by atoms with Crippen LogP contribution in [0.5, 0.6) is 0 Å². The predicted molar refractivity (Wildman–Crippen MR) is 120 cm³/mol. The van der Waals surface area contributed by atoms with Crippen molar-refractivity contribution in [2.75, 3.05) is 13.1 Å². The number of rotatable bonds is 3. The van der Waals surface area contributed by atoms with E-state index in [-0.39, 0.29) is 11.8 Å². The molecule has 3 aliphatic carbocycles. The van der Waals surface area contributed by atoms with E-state index in [0.29, 0.717) is 17.5 Å². The van der Waals surface area contributed by atoms with Crippen LogP contribution in [0.25, 0.3) is 11.1 Å². The molecule has 30 heavy (non-hydrogen) atoms. The number of fused-ring (bicyclic) bond motifs is 2. The molecule has 4 nitrogen and oxygen atoms in total. The maximum atomic E-state index is 12.2. The van der Waals surface area contributed by atoms with E-state index in [0.717, 1.165) is 37.8 Å². The number of carbonyl (C=O) groups excluding carboxylic acids is 2. The molecule has 0 atom stereocenters. The number of hydrogen-bond donors (Lipinski definition) is 1. The molecular formula is C26H30N2O2. The Kier molecular flexibility index (Phi) is 4.68. The average Bonchev–Trinajstić information content (AvgIpc) is 3.37. The zero-order valence-electron chi connectivity index (χ0n) is 17.6. The van der Waals surface area contributed by atoms with E-state index in [1.54, 1.807) is 0 Å². The summed E-state index contributed by atoms with van der Waals surface area (Å²) in [7, 11) is 0. The first kappa shape index (κ1) is 19.3. The van der Waals surface area contributed by atoms with Gasteiger partial charge in [-0.25, -0.2) is 0 Å². The van der Waals surface area contributed by atoms with Crippen LogP contribution in [-0.2, 0) is 11.2 Å². The fourth-order valence-corrected chi connectivity index (χ4v) is 6.31. The third-order valence-corrected chi connectivity index (χ3v) is 7.85. The van der Waals surface area contributed by atoms with Crippen molar-refractivity contribution in [3.63, 3.8) is 0 Å². The lowest BCUT2D eigenvalue weighted by Gasteiger charge is -2.35. The summed E-state index contributed by atoms with van der Waals surface area (Å²) >= 11 is 0. The van der Waals surface area contributed by atoms with Crippen LogP contribution in [0.4, 0.5) is 0 Å². The van der Waals surface area contributed by atoms with Crippen molar-refractivity contribution in [3.8, 4) is 0 Å². The standard InChI is InChI=1S/C26H30N2O2/c1-2-23(29)28-13-5-6-18(16-28)19-7-8-20(25(27)30)21-14-17-9-12-26(10-3-4-11-26)15-22(17)24(19)21/h2,6-8H,1,3-5,9-16H2,(H2,27,30). The number of primary amides is 1. The second-order valence-electron chi connectivity index (χ2n) is 9.50. The number of nitrogens with zero attached hydrogens (tertiary/aromatic N) is 1. The zero-order chi connectivity index (χ0) is 20.9. The van der Waals surface area contributed by atoms with Gasteiger partial charge in [0.05, 0.1) is 0 Å². The number of benzene rings is 1.